The molecule has 2 aliphatic rings. The Morgan fingerprint density at radius 1 is 0.804 bits per heavy atom. The molecule has 0 saturated carbocycles. The molecule has 9 N–H and O–H groups in total. The van der Waals surface area contributed by atoms with Crippen LogP contribution in [-0.2, 0) is 23.0 Å². The van der Waals surface area contributed by atoms with E-state index in [1.165, 1.54) is 19.8 Å². The molecular formula is C25H38N12O8P+. The number of anilines is 4. The van der Waals surface area contributed by atoms with Gasteiger partial charge in [-0.2, -0.15) is 9.42 Å². The third-order valence-corrected chi connectivity index (χ3v) is 8.66. The molecule has 0 aromatic carbocycles. The van der Waals surface area contributed by atoms with Gasteiger partial charge in [0.05, 0.1) is 7.11 Å². The first-order valence-corrected chi connectivity index (χ1v) is 16.1. The largest absolute Gasteiger partial charge is 0.577 e. The van der Waals surface area contributed by atoms with Gasteiger partial charge in [0, 0.05) is 24.9 Å². The van der Waals surface area contributed by atoms with Gasteiger partial charge in [-0.15, -0.1) is 9.05 Å². The van der Waals surface area contributed by atoms with E-state index in [9.17, 15) is 15.1 Å². The molecule has 21 heteroatoms. The van der Waals surface area contributed by atoms with E-state index in [4.69, 9.17) is 34.5 Å². The Labute approximate surface area is 263 Å². The normalized spacial score (nSPS) is 26.5. The first-order chi connectivity index (χ1) is 21.9. The number of fused-ring (bicyclic) bond motifs is 2. The number of nitrogen functional groups attached to an aromatic ring is 2. The van der Waals surface area contributed by atoms with Gasteiger partial charge in [0.1, 0.15) is 24.9 Å². The van der Waals surface area contributed by atoms with Gasteiger partial charge in [0.25, 0.3) is 0 Å². The average molecular weight is 666 g/mol. The predicted molar refractivity (Wildman–Crippen MR) is 164 cm³/mol. The summed E-state index contributed by atoms with van der Waals surface area (Å²) >= 11 is 0. The SMILES string of the molecule is CO[P+](O)(OC1CC(O)C(n2c(NC(C)C)nc3c(N)ncnc32)O1)OC1CC(O)C(n2c(NC(C)C)nc3c(N)ncnc32)O1. The van der Waals surface area contributed by atoms with Crippen molar-refractivity contribution in [1.82, 2.24) is 39.0 Å². The summed E-state index contributed by atoms with van der Waals surface area (Å²) in [5, 5.41) is 28.5. The number of nitrogens with one attached hydrogen (secondary N) is 2. The van der Waals surface area contributed by atoms with Crippen LogP contribution in [0.2, 0.25) is 0 Å². The smallest absolute Gasteiger partial charge is 0.388 e. The van der Waals surface area contributed by atoms with Crippen LogP contribution in [-0.4, -0.2) is 98.1 Å². The van der Waals surface area contributed by atoms with Crippen LogP contribution >= 0.6 is 8.17 Å². The van der Waals surface area contributed by atoms with Gasteiger partial charge in [0.2, 0.25) is 24.5 Å². The molecule has 0 radical (unpaired) electrons. The Hall–Kier alpha value is -3.59. The Morgan fingerprint density at radius 3 is 1.59 bits per heavy atom. The number of hydrogen-bond donors (Lipinski definition) is 7. The first-order valence-electron chi connectivity index (χ1n) is 14.6. The molecule has 6 rings (SSSR count). The molecule has 4 aromatic rings. The van der Waals surface area contributed by atoms with Crippen LogP contribution in [0.4, 0.5) is 23.5 Å². The summed E-state index contributed by atoms with van der Waals surface area (Å²) in [5.74, 6) is 1.01. The van der Waals surface area contributed by atoms with Crippen LogP contribution in [0.3, 0.4) is 0 Å². The van der Waals surface area contributed by atoms with Crippen molar-refractivity contribution in [2.24, 2.45) is 0 Å². The average Bonchev–Trinajstić information content (AvgIpc) is 3.72. The molecule has 0 amide bonds. The number of aliphatic hydroxyl groups is 2. The minimum atomic E-state index is -4.13. The monoisotopic (exact) mass is 665 g/mol. The molecule has 46 heavy (non-hydrogen) atoms. The maximum absolute atomic E-state index is 11.3. The van der Waals surface area contributed by atoms with Crippen LogP contribution in [0, 0.1) is 0 Å². The molecule has 0 bridgehead atoms. The molecule has 2 fully saturated rings. The van der Waals surface area contributed by atoms with Crippen molar-refractivity contribution in [2.45, 2.75) is 89.9 Å². The number of hydrogen-bond acceptors (Lipinski definition) is 18. The molecule has 6 unspecified atom stereocenters. The second-order valence-corrected chi connectivity index (χ2v) is 13.2. The summed E-state index contributed by atoms with van der Waals surface area (Å²) < 4.78 is 32.0. The summed E-state index contributed by atoms with van der Waals surface area (Å²) in [6.07, 6.45) is -4.19. The lowest BCUT2D eigenvalue weighted by Crippen LogP contribution is -2.24. The number of imidazole rings is 2. The van der Waals surface area contributed by atoms with Crippen molar-refractivity contribution in [3.05, 3.63) is 12.7 Å². The number of rotatable bonds is 11. The zero-order chi connectivity index (χ0) is 32.9. The van der Waals surface area contributed by atoms with Crippen molar-refractivity contribution >= 4 is 54.0 Å². The number of aliphatic hydroxyl groups excluding tert-OH is 2. The van der Waals surface area contributed by atoms with Crippen molar-refractivity contribution in [1.29, 1.82) is 0 Å². The standard InChI is InChI=1S/C25H38N12O8P/c1-10(2)32-24-34-16-18(26)28-8-30-20(16)36(24)22-12(38)6-14(42-22)44-46(40,41-5)45-15-7-13(39)23(43-15)37-21-17(19(27)29-9-31-21)35-25(37)33-11(3)4/h8-15,22-23,38-40H,6-7H2,1-5H3,(H,32,34)(H,33,35)(H2,26,28,30)(H2,27,29,31)/q+1. The lowest BCUT2D eigenvalue weighted by atomic mass is 10.2. The van der Waals surface area contributed by atoms with Crippen molar-refractivity contribution in [3.8, 4) is 0 Å². The second kappa shape index (κ2) is 12.5. The van der Waals surface area contributed by atoms with Crippen molar-refractivity contribution in [3.63, 3.8) is 0 Å². The van der Waals surface area contributed by atoms with E-state index in [-0.39, 0.29) is 36.6 Å². The molecule has 6 atom stereocenters. The number of nitrogens with two attached hydrogens (primary N) is 2. The fourth-order valence-electron chi connectivity index (χ4n) is 5.29. The van der Waals surface area contributed by atoms with Crippen LogP contribution in [0.1, 0.15) is 53.0 Å². The van der Waals surface area contributed by atoms with Gasteiger partial charge >= 0.3 is 8.17 Å². The minimum Gasteiger partial charge on any atom is -0.388 e. The highest BCUT2D eigenvalue weighted by Gasteiger charge is 2.55. The fourth-order valence-corrected chi connectivity index (χ4v) is 6.38. The maximum atomic E-state index is 11.3. The zero-order valence-corrected chi connectivity index (χ0v) is 26.6. The lowest BCUT2D eigenvalue weighted by molar-refractivity contribution is -0.152. The van der Waals surface area contributed by atoms with E-state index in [1.54, 1.807) is 9.13 Å². The molecule has 0 aliphatic carbocycles. The molecule has 250 valence electrons. The van der Waals surface area contributed by atoms with Gasteiger partial charge < -0.3 is 41.8 Å². The van der Waals surface area contributed by atoms with E-state index in [2.05, 4.69) is 40.5 Å². The molecule has 20 nitrogen and oxygen atoms in total. The van der Waals surface area contributed by atoms with Gasteiger partial charge in [-0.05, 0) is 27.7 Å². The lowest BCUT2D eigenvalue weighted by Gasteiger charge is -2.22. The number of aromatic nitrogens is 8. The quantitative estimate of drug-likeness (QED) is 0.110. The fraction of sp³-hybridized carbons (Fsp3) is 0.600. The second-order valence-electron chi connectivity index (χ2n) is 11.5. The Morgan fingerprint density at radius 2 is 1.22 bits per heavy atom. The van der Waals surface area contributed by atoms with E-state index in [0.29, 0.717) is 34.2 Å². The first kappa shape index (κ1) is 32.4. The van der Waals surface area contributed by atoms with Gasteiger partial charge in [-0.1, -0.05) is 0 Å². The molecular weight excluding hydrogens is 627 g/mol. The summed E-state index contributed by atoms with van der Waals surface area (Å²) in [5.41, 5.74) is 13.4. The van der Waals surface area contributed by atoms with Crippen LogP contribution in [0.25, 0.3) is 22.3 Å². The van der Waals surface area contributed by atoms with E-state index in [1.807, 2.05) is 27.7 Å². The van der Waals surface area contributed by atoms with Crippen molar-refractivity contribution in [2.75, 3.05) is 29.2 Å². The predicted octanol–water partition coefficient (Wildman–Crippen LogP) is 1.03. The number of ether oxygens (including phenoxy) is 2. The summed E-state index contributed by atoms with van der Waals surface area (Å²) in [7, 11) is -2.94. The summed E-state index contributed by atoms with van der Waals surface area (Å²) in [4.78, 5) is 36.9. The molecule has 4 aromatic heterocycles. The highest BCUT2D eigenvalue weighted by Crippen LogP contribution is 2.62. The van der Waals surface area contributed by atoms with Crippen LogP contribution < -0.4 is 22.1 Å². The maximum Gasteiger partial charge on any atom is 0.577 e. The third-order valence-electron chi connectivity index (χ3n) is 7.20. The third kappa shape index (κ3) is 6.10. The highest BCUT2D eigenvalue weighted by atomic mass is 31.2. The molecule has 6 heterocycles. The van der Waals surface area contributed by atoms with Gasteiger partial charge in [-0.3, -0.25) is 9.13 Å². The van der Waals surface area contributed by atoms with E-state index < -0.39 is 45.4 Å². The van der Waals surface area contributed by atoms with Crippen LogP contribution in [0.5, 0.6) is 0 Å². The highest BCUT2D eigenvalue weighted by molar-refractivity contribution is 7.55. The molecule has 0 spiro atoms. The zero-order valence-electron chi connectivity index (χ0n) is 25.8. The topological polar surface area (TPSA) is 270 Å². The van der Waals surface area contributed by atoms with Gasteiger partial charge in [-0.25, -0.2) is 29.9 Å². The van der Waals surface area contributed by atoms with E-state index in [0.717, 1.165) is 0 Å². The van der Waals surface area contributed by atoms with E-state index >= 15 is 0 Å². The minimum absolute atomic E-state index is 0.0267. The Balaban J connectivity index is 1.20. The summed E-state index contributed by atoms with van der Waals surface area (Å²) in [6, 6.07) is -0.0534. The molecule has 2 saturated heterocycles. The summed E-state index contributed by atoms with van der Waals surface area (Å²) in [6.45, 7) is 7.68. The Bertz CT molecular complexity index is 1590. The van der Waals surface area contributed by atoms with Crippen molar-refractivity contribution < 1.29 is 38.2 Å². The Kier molecular flexibility index (Phi) is 8.83. The van der Waals surface area contributed by atoms with Gasteiger partial charge in [0.15, 0.2) is 46.4 Å². The molecule has 2 aliphatic heterocycles. The number of nitrogens with zero attached hydrogens (tertiary/aromatic N) is 8. The van der Waals surface area contributed by atoms with Crippen LogP contribution in [0.15, 0.2) is 12.7 Å².